The van der Waals surface area contributed by atoms with Crippen LogP contribution in [0.1, 0.15) is 31.1 Å². The molecule has 0 saturated heterocycles. The van der Waals surface area contributed by atoms with Crippen LogP contribution in [0.2, 0.25) is 0 Å². The molecule has 1 heterocycles. The van der Waals surface area contributed by atoms with E-state index in [0.717, 1.165) is 5.56 Å². The van der Waals surface area contributed by atoms with Crippen molar-refractivity contribution in [2.24, 2.45) is 0 Å². The van der Waals surface area contributed by atoms with Gasteiger partial charge in [-0.05, 0) is 32.5 Å². The summed E-state index contributed by atoms with van der Waals surface area (Å²) in [5.41, 5.74) is 1.28. The maximum atomic E-state index is 13.7. The van der Waals surface area contributed by atoms with Crippen molar-refractivity contribution >= 4 is 0 Å². The van der Waals surface area contributed by atoms with Crippen LogP contribution < -0.4 is 5.32 Å². The molecule has 2 nitrogen and oxygen atoms in total. The number of hydrogen-bond acceptors (Lipinski definition) is 2. The van der Waals surface area contributed by atoms with Gasteiger partial charge >= 0.3 is 0 Å². The van der Waals surface area contributed by atoms with Gasteiger partial charge in [0.1, 0.15) is 5.82 Å². The molecule has 82 valence electrons. The third-order valence-corrected chi connectivity index (χ3v) is 2.85. The SMILES string of the molecule is CNC[C@@H]1OC(C)(C)c2cccc(F)c21. The molecule has 0 saturated carbocycles. The van der Waals surface area contributed by atoms with Crippen LogP contribution in [-0.4, -0.2) is 13.6 Å². The molecule has 0 aliphatic carbocycles. The van der Waals surface area contributed by atoms with Crippen LogP contribution in [0.25, 0.3) is 0 Å². The fourth-order valence-electron chi connectivity index (χ4n) is 2.20. The summed E-state index contributed by atoms with van der Waals surface area (Å²) in [6.07, 6.45) is -0.179. The lowest BCUT2D eigenvalue weighted by Crippen LogP contribution is -2.21. The lowest BCUT2D eigenvalue weighted by atomic mass is 9.94. The van der Waals surface area contributed by atoms with Crippen LogP contribution in [0.3, 0.4) is 0 Å². The zero-order valence-corrected chi connectivity index (χ0v) is 9.30. The number of likely N-dealkylation sites (N-methyl/N-ethyl adjacent to an activating group) is 1. The van der Waals surface area contributed by atoms with Gasteiger partial charge in [0, 0.05) is 12.1 Å². The first kappa shape index (κ1) is 10.6. The highest BCUT2D eigenvalue weighted by Gasteiger charge is 2.39. The molecule has 0 bridgehead atoms. The summed E-state index contributed by atoms with van der Waals surface area (Å²) in [4.78, 5) is 0. The highest BCUT2D eigenvalue weighted by Crippen LogP contribution is 2.43. The molecule has 1 aliphatic heterocycles. The van der Waals surface area contributed by atoms with Crippen molar-refractivity contribution in [2.45, 2.75) is 25.6 Å². The van der Waals surface area contributed by atoms with Gasteiger partial charge in [-0.15, -0.1) is 0 Å². The number of ether oxygens (including phenoxy) is 1. The van der Waals surface area contributed by atoms with Crippen molar-refractivity contribution in [1.82, 2.24) is 5.32 Å². The average Bonchev–Trinajstić information content (AvgIpc) is 2.41. The number of nitrogens with one attached hydrogen (secondary N) is 1. The van der Waals surface area contributed by atoms with Gasteiger partial charge < -0.3 is 10.1 Å². The molecule has 0 unspecified atom stereocenters. The van der Waals surface area contributed by atoms with Crippen LogP contribution in [0, 0.1) is 5.82 Å². The van der Waals surface area contributed by atoms with Gasteiger partial charge in [0.05, 0.1) is 11.7 Å². The van der Waals surface area contributed by atoms with Crippen LogP contribution >= 0.6 is 0 Å². The van der Waals surface area contributed by atoms with Gasteiger partial charge in [0.25, 0.3) is 0 Å². The van der Waals surface area contributed by atoms with Gasteiger partial charge in [-0.25, -0.2) is 4.39 Å². The lowest BCUT2D eigenvalue weighted by Gasteiger charge is -2.20. The van der Waals surface area contributed by atoms with E-state index in [2.05, 4.69) is 5.32 Å². The Morgan fingerprint density at radius 3 is 2.87 bits per heavy atom. The molecule has 1 aromatic rings. The second-order valence-electron chi connectivity index (χ2n) is 4.38. The number of hydrogen-bond donors (Lipinski definition) is 1. The van der Waals surface area contributed by atoms with Crippen LogP contribution in [0.5, 0.6) is 0 Å². The number of rotatable bonds is 2. The monoisotopic (exact) mass is 209 g/mol. The van der Waals surface area contributed by atoms with Crippen molar-refractivity contribution < 1.29 is 9.13 Å². The molecule has 0 fully saturated rings. The molecule has 1 atom stereocenters. The second kappa shape index (κ2) is 3.58. The largest absolute Gasteiger partial charge is 0.361 e. The first-order chi connectivity index (χ1) is 7.06. The fraction of sp³-hybridized carbons (Fsp3) is 0.500. The lowest BCUT2D eigenvalue weighted by molar-refractivity contribution is -0.0508. The second-order valence-corrected chi connectivity index (χ2v) is 4.38. The third kappa shape index (κ3) is 1.66. The number of benzene rings is 1. The summed E-state index contributed by atoms with van der Waals surface area (Å²) in [5.74, 6) is -0.168. The summed E-state index contributed by atoms with van der Waals surface area (Å²) < 4.78 is 19.5. The predicted octanol–water partition coefficient (Wildman–Crippen LogP) is 2.35. The zero-order valence-electron chi connectivity index (χ0n) is 9.30. The Balaban J connectivity index is 2.48. The maximum Gasteiger partial charge on any atom is 0.129 e. The van der Waals surface area contributed by atoms with E-state index in [1.165, 1.54) is 6.07 Å². The Hall–Kier alpha value is -0.930. The molecule has 1 aromatic carbocycles. The average molecular weight is 209 g/mol. The van der Waals surface area contributed by atoms with E-state index in [0.29, 0.717) is 12.1 Å². The molecule has 2 rings (SSSR count). The summed E-state index contributed by atoms with van der Waals surface area (Å²) >= 11 is 0. The molecular weight excluding hydrogens is 193 g/mol. The van der Waals surface area contributed by atoms with Gasteiger partial charge in [0.2, 0.25) is 0 Å². The summed E-state index contributed by atoms with van der Waals surface area (Å²) in [7, 11) is 1.84. The van der Waals surface area contributed by atoms with Gasteiger partial charge in [-0.2, -0.15) is 0 Å². The molecule has 0 amide bonds. The van der Waals surface area contributed by atoms with Crippen molar-refractivity contribution in [1.29, 1.82) is 0 Å². The minimum Gasteiger partial charge on any atom is -0.361 e. The highest BCUT2D eigenvalue weighted by molar-refractivity contribution is 5.38. The molecule has 0 spiro atoms. The minimum absolute atomic E-state index is 0.168. The van der Waals surface area contributed by atoms with E-state index < -0.39 is 0 Å². The topological polar surface area (TPSA) is 21.3 Å². The Morgan fingerprint density at radius 2 is 2.20 bits per heavy atom. The van der Waals surface area contributed by atoms with E-state index in [1.807, 2.05) is 27.0 Å². The Kier molecular flexibility index (Phi) is 2.52. The summed E-state index contributed by atoms with van der Waals surface area (Å²) in [6.45, 7) is 4.58. The van der Waals surface area contributed by atoms with Crippen molar-refractivity contribution in [2.75, 3.05) is 13.6 Å². The minimum atomic E-state index is -0.390. The van der Waals surface area contributed by atoms with Crippen LogP contribution in [0.15, 0.2) is 18.2 Å². The third-order valence-electron chi connectivity index (χ3n) is 2.85. The molecular formula is C12H16FNO. The Bertz CT molecular complexity index is 376. The summed E-state index contributed by atoms with van der Waals surface area (Å²) in [6, 6.07) is 5.17. The van der Waals surface area contributed by atoms with E-state index in [1.54, 1.807) is 6.07 Å². The number of fused-ring (bicyclic) bond motifs is 1. The van der Waals surface area contributed by atoms with Gasteiger partial charge in [-0.3, -0.25) is 0 Å². The van der Waals surface area contributed by atoms with E-state index in [4.69, 9.17) is 4.74 Å². The zero-order chi connectivity index (χ0) is 11.1. The molecule has 1 N–H and O–H groups in total. The number of halogens is 1. The van der Waals surface area contributed by atoms with Crippen molar-refractivity contribution in [3.63, 3.8) is 0 Å². The molecule has 1 aliphatic rings. The molecule has 0 aromatic heterocycles. The van der Waals surface area contributed by atoms with E-state index in [-0.39, 0.29) is 17.5 Å². The van der Waals surface area contributed by atoms with Crippen LogP contribution in [-0.2, 0) is 10.3 Å². The fourth-order valence-corrected chi connectivity index (χ4v) is 2.20. The van der Waals surface area contributed by atoms with Gasteiger partial charge in [0.15, 0.2) is 0 Å². The van der Waals surface area contributed by atoms with Crippen molar-refractivity contribution in [3.8, 4) is 0 Å². The first-order valence-electron chi connectivity index (χ1n) is 5.17. The first-order valence-corrected chi connectivity index (χ1v) is 5.17. The predicted molar refractivity (Wildman–Crippen MR) is 57.2 cm³/mol. The Morgan fingerprint density at radius 1 is 1.47 bits per heavy atom. The van der Waals surface area contributed by atoms with E-state index >= 15 is 0 Å². The quantitative estimate of drug-likeness (QED) is 0.807. The molecule has 3 heteroatoms. The molecule has 15 heavy (non-hydrogen) atoms. The highest BCUT2D eigenvalue weighted by atomic mass is 19.1. The smallest absolute Gasteiger partial charge is 0.129 e. The standard InChI is InChI=1S/C12H16FNO/c1-12(2)8-5-4-6-9(13)11(8)10(15-12)7-14-3/h4-6,10,14H,7H2,1-3H3/t10-/m0/s1. The van der Waals surface area contributed by atoms with Crippen LogP contribution in [0.4, 0.5) is 4.39 Å². The summed E-state index contributed by atoms with van der Waals surface area (Å²) in [5, 5.41) is 3.02. The van der Waals surface area contributed by atoms with E-state index in [9.17, 15) is 4.39 Å². The maximum absolute atomic E-state index is 13.7. The van der Waals surface area contributed by atoms with Crippen molar-refractivity contribution in [3.05, 3.63) is 35.1 Å². The van der Waals surface area contributed by atoms with Gasteiger partial charge in [-0.1, -0.05) is 12.1 Å². The normalized spacial score (nSPS) is 22.8. The Labute approximate surface area is 89.4 Å². The molecule has 0 radical (unpaired) electrons.